The number of halogens is 4. The van der Waals surface area contributed by atoms with Gasteiger partial charge in [0, 0.05) is 42.5 Å². The molecule has 2 aromatic rings. The predicted molar refractivity (Wildman–Crippen MR) is 97.4 cm³/mol. The van der Waals surface area contributed by atoms with Gasteiger partial charge in [0.2, 0.25) is 0 Å². The Morgan fingerprint density at radius 2 is 0.958 bits per heavy atom. The molecule has 130 valence electrons. The van der Waals surface area contributed by atoms with Crippen LogP contribution >= 0.6 is 44.6 Å². The van der Waals surface area contributed by atoms with E-state index in [0.29, 0.717) is 11.1 Å². The van der Waals surface area contributed by atoms with Crippen LogP contribution in [0, 0.1) is 13.8 Å². The Balaban J connectivity index is 3.02. The van der Waals surface area contributed by atoms with Crippen LogP contribution in [0.2, 0.25) is 10.0 Å². The third kappa shape index (κ3) is 4.00. The summed E-state index contributed by atoms with van der Waals surface area (Å²) in [6, 6.07) is 5.21. The molecular weight excluding hydrogens is 438 g/mol. The maximum absolute atomic E-state index is 11.9. The minimum absolute atomic E-state index is 0.0749. The van der Waals surface area contributed by atoms with Gasteiger partial charge in [-0.25, -0.2) is 16.8 Å². The Hall–Kier alpha value is -0.500. The summed E-state index contributed by atoms with van der Waals surface area (Å²) in [7, 11) is 2.58. The summed E-state index contributed by atoms with van der Waals surface area (Å²) < 4.78 is 47.6. The van der Waals surface area contributed by atoms with Gasteiger partial charge in [-0.3, -0.25) is 0 Å². The smallest absolute Gasteiger partial charge is 0.207 e. The molecule has 0 bridgehead atoms. The van der Waals surface area contributed by atoms with E-state index in [1.54, 1.807) is 13.8 Å². The molecule has 24 heavy (non-hydrogen) atoms. The van der Waals surface area contributed by atoms with E-state index in [1.165, 1.54) is 24.3 Å². The van der Waals surface area contributed by atoms with Crippen LogP contribution in [-0.4, -0.2) is 16.8 Å². The number of aryl methyl sites for hydroxylation is 2. The van der Waals surface area contributed by atoms with Crippen molar-refractivity contribution in [2.75, 3.05) is 0 Å². The zero-order valence-corrected chi connectivity index (χ0v) is 16.9. The molecule has 10 heteroatoms. The fourth-order valence-electron chi connectivity index (χ4n) is 2.15. The van der Waals surface area contributed by atoms with Crippen LogP contribution in [0.15, 0.2) is 34.1 Å². The van der Waals surface area contributed by atoms with Gasteiger partial charge in [-0.15, -0.1) is 0 Å². The molecule has 0 amide bonds. The van der Waals surface area contributed by atoms with Gasteiger partial charge in [-0.2, -0.15) is 0 Å². The Kier molecular flexibility index (Phi) is 5.50. The Morgan fingerprint density at radius 3 is 1.21 bits per heavy atom. The zero-order chi connectivity index (χ0) is 18.4. The predicted octanol–water partition coefficient (Wildman–Crippen LogP) is 5.13. The molecule has 0 spiro atoms. The summed E-state index contributed by atoms with van der Waals surface area (Å²) in [6.45, 7) is 3.29. The number of benzene rings is 2. The topological polar surface area (TPSA) is 68.3 Å². The van der Waals surface area contributed by atoms with Crippen molar-refractivity contribution >= 4 is 62.7 Å². The molecule has 0 aliphatic rings. The van der Waals surface area contributed by atoms with E-state index < -0.39 is 18.1 Å². The Labute approximate surface area is 159 Å². The molecule has 0 fully saturated rings. The lowest BCUT2D eigenvalue weighted by Crippen LogP contribution is -2.01. The van der Waals surface area contributed by atoms with E-state index in [9.17, 15) is 16.8 Å². The summed E-state index contributed by atoms with van der Waals surface area (Å²) in [5, 5.41) is 0.359. The van der Waals surface area contributed by atoms with Gasteiger partial charge in [0.15, 0.2) is 0 Å². The average Bonchev–Trinajstić information content (AvgIpc) is 2.41. The van der Waals surface area contributed by atoms with Crippen LogP contribution in [0.3, 0.4) is 0 Å². The highest BCUT2D eigenvalue weighted by Crippen LogP contribution is 2.40. The first-order valence-corrected chi connectivity index (χ1v) is 11.7. The molecule has 0 aromatic heterocycles. The number of hydrogen-bond acceptors (Lipinski definition) is 4. The van der Waals surface area contributed by atoms with E-state index in [0.717, 1.165) is 0 Å². The highest BCUT2D eigenvalue weighted by atomic mass is 35.7. The van der Waals surface area contributed by atoms with Crippen molar-refractivity contribution in [3.63, 3.8) is 0 Å². The average molecular weight is 448 g/mol. The molecule has 4 nitrogen and oxygen atoms in total. The standard InChI is InChI=1S/C14H10Cl4O4S2/c1-7-3-9(13(5-11(7)15)23(17,19)20)10-4-8(2)12(16)6-14(10)24(18,21)22/h3-6H,1-2H3. The third-order valence-electron chi connectivity index (χ3n) is 3.34. The van der Waals surface area contributed by atoms with E-state index >= 15 is 0 Å². The van der Waals surface area contributed by atoms with Gasteiger partial charge in [0.1, 0.15) is 0 Å². The largest absolute Gasteiger partial charge is 0.261 e. The van der Waals surface area contributed by atoms with Gasteiger partial charge in [0.25, 0.3) is 18.1 Å². The summed E-state index contributed by atoms with van der Waals surface area (Å²) in [6.07, 6.45) is 0. The van der Waals surface area contributed by atoms with Crippen LogP contribution in [0.1, 0.15) is 11.1 Å². The molecule has 0 aliphatic carbocycles. The molecule has 0 aliphatic heterocycles. The van der Waals surface area contributed by atoms with Crippen molar-refractivity contribution in [2.45, 2.75) is 23.6 Å². The van der Waals surface area contributed by atoms with Gasteiger partial charge in [-0.05, 0) is 49.2 Å². The van der Waals surface area contributed by atoms with Crippen molar-refractivity contribution < 1.29 is 16.8 Å². The van der Waals surface area contributed by atoms with Crippen LogP contribution in [0.5, 0.6) is 0 Å². The molecule has 0 atom stereocenters. The molecule has 0 saturated heterocycles. The molecule has 0 saturated carbocycles. The van der Waals surface area contributed by atoms with Gasteiger partial charge in [0.05, 0.1) is 9.79 Å². The Morgan fingerprint density at radius 1 is 0.667 bits per heavy atom. The maximum atomic E-state index is 11.9. The van der Waals surface area contributed by atoms with E-state index in [-0.39, 0.29) is 31.0 Å². The van der Waals surface area contributed by atoms with Crippen LogP contribution in [0.4, 0.5) is 0 Å². The van der Waals surface area contributed by atoms with Gasteiger partial charge < -0.3 is 0 Å². The number of hydrogen-bond donors (Lipinski definition) is 0. The van der Waals surface area contributed by atoms with Gasteiger partial charge in [-0.1, -0.05) is 23.2 Å². The lowest BCUT2D eigenvalue weighted by molar-refractivity contribution is 0.607. The fraction of sp³-hybridized carbons (Fsp3) is 0.143. The van der Waals surface area contributed by atoms with E-state index in [2.05, 4.69) is 0 Å². The van der Waals surface area contributed by atoms with Crippen molar-refractivity contribution in [3.05, 3.63) is 45.4 Å². The first-order chi connectivity index (χ1) is 10.8. The summed E-state index contributed by atoms with van der Waals surface area (Å²) >= 11 is 12.0. The normalized spacial score (nSPS) is 12.4. The first kappa shape index (κ1) is 19.8. The molecule has 0 unspecified atom stereocenters. The minimum Gasteiger partial charge on any atom is -0.207 e. The maximum Gasteiger partial charge on any atom is 0.261 e. The number of rotatable bonds is 3. The fourth-order valence-corrected chi connectivity index (χ4v) is 4.75. The summed E-state index contributed by atoms with van der Waals surface area (Å²) in [5.41, 5.74) is 1.24. The van der Waals surface area contributed by atoms with Crippen molar-refractivity contribution in [1.82, 2.24) is 0 Å². The lowest BCUT2D eigenvalue weighted by Gasteiger charge is -2.14. The summed E-state index contributed by atoms with van der Waals surface area (Å²) in [4.78, 5) is -0.633. The molecule has 2 rings (SSSR count). The van der Waals surface area contributed by atoms with Crippen LogP contribution in [0.25, 0.3) is 11.1 Å². The quantitative estimate of drug-likeness (QED) is 0.611. The second-order valence-electron chi connectivity index (χ2n) is 5.07. The van der Waals surface area contributed by atoms with Crippen molar-refractivity contribution in [1.29, 1.82) is 0 Å². The molecule has 0 radical (unpaired) electrons. The van der Waals surface area contributed by atoms with E-state index in [4.69, 9.17) is 44.6 Å². The minimum atomic E-state index is -4.19. The summed E-state index contributed by atoms with van der Waals surface area (Å²) in [5.74, 6) is 0. The Bertz CT molecular complexity index is 959. The lowest BCUT2D eigenvalue weighted by atomic mass is 10.0. The van der Waals surface area contributed by atoms with Crippen LogP contribution < -0.4 is 0 Å². The van der Waals surface area contributed by atoms with E-state index in [1.807, 2.05) is 0 Å². The SMILES string of the molecule is Cc1cc(-c2cc(C)c(Cl)cc2S(=O)(=O)Cl)c(S(=O)(=O)Cl)cc1Cl. The van der Waals surface area contributed by atoms with Crippen molar-refractivity contribution in [2.24, 2.45) is 0 Å². The molecule has 0 N–H and O–H groups in total. The zero-order valence-electron chi connectivity index (χ0n) is 12.3. The first-order valence-electron chi connectivity index (χ1n) is 6.32. The highest BCUT2D eigenvalue weighted by Gasteiger charge is 2.25. The second-order valence-corrected chi connectivity index (χ2v) is 11.0. The van der Waals surface area contributed by atoms with Crippen LogP contribution in [-0.2, 0) is 18.1 Å². The monoisotopic (exact) mass is 446 g/mol. The third-order valence-corrected chi connectivity index (χ3v) is 6.88. The highest BCUT2D eigenvalue weighted by molar-refractivity contribution is 8.14. The molecular formula is C14H10Cl4O4S2. The second kappa shape index (κ2) is 6.67. The molecule has 2 aromatic carbocycles. The van der Waals surface area contributed by atoms with Gasteiger partial charge >= 0.3 is 0 Å². The van der Waals surface area contributed by atoms with Crippen molar-refractivity contribution in [3.8, 4) is 11.1 Å². The molecule has 0 heterocycles.